The van der Waals surface area contributed by atoms with Gasteiger partial charge in [0.15, 0.2) is 0 Å². The molecule has 1 fully saturated rings. The minimum absolute atomic E-state index is 0.0689. The van der Waals surface area contributed by atoms with Crippen molar-refractivity contribution in [2.75, 3.05) is 26.2 Å². The molecule has 0 amide bonds. The molecule has 0 spiro atoms. The van der Waals surface area contributed by atoms with E-state index in [9.17, 15) is 4.79 Å². The van der Waals surface area contributed by atoms with E-state index in [1.165, 1.54) is 0 Å². The van der Waals surface area contributed by atoms with E-state index in [0.717, 1.165) is 38.9 Å². The second kappa shape index (κ2) is 7.65. The largest absolute Gasteiger partial charge is 0.466 e. The van der Waals surface area contributed by atoms with Gasteiger partial charge in [-0.2, -0.15) is 0 Å². The van der Waals surface area contributed by atoms with Crippen LogP contribution in [-0.4, -0.2) is 38.3 Å². The van der Waals surface area contributed by atoms with Crippen LogP contribution in [0.2, 0.25) is 0 Å². The molecule has 15 heavy (non-hydrogen) atoms. The summed E-state index contributed by atoms with van der Waals surface area (Å²) in [4.78, 5) is 11.2. The molecule has 1 saturated heterocycles. The Hall–Kier alpha value is -0.610. The van der Waals surface area contributed by atoms with E-state index in [4.69, 9.17) is 4.74 Å². The van der Waals surface area contributed by atoms with Crippen LogP contribution in [-0.2, 0) is 9.53 Å². The van der Waals surface area contributed by atoms with E-state index in [0.29, 0.717) is 19.1 Å². The lowest BCUT2D eigenvalue weighted by Gasteiger charge is -2.22. The van der Waals surface area contributed by atoms with E-state index in [1.54, 1.807) is 0 Å². The van der Waals surface area contributed by atoms with Gasteiger partial charge in [0.1, 0.15) is 0 Å². The van der Waals surface area contributed by atoms with Crippen molar-refractivity contribution in [2.24, 2.45) is 0 Å². The SMILES string of the molecule is CCCOC(=O)CCCC1CNCC[N]1. The maximum Gasteiger partial charge on any atom is 0.305 e. The molecule has 0 aromatic carbocycles. The highest BCUT2D eigenvalue weighted by Crippen LogP contribution is 2.04. The molecule has 1 aliphatic rings. The van der Waals surface area contributed by atoms with Gasteiger partial charge < -0.3 is 10.1 Å². The third kappa shape index (κ3) is 5.74. The number of nitrogens with zero attached hydrogens (tertiary/aromatic N) is 1. The van der Waals surface area contributed by atoms with Gasteiger partial charge in [-0.3, -0.25) is 4.79 Å². The van der Waals surface area contributed by atoms with Crippen molar-refractivity contribution in [1.29, 1.82) is 0 Å². The standard InChI is InChI=1S/C11H21N2O2/c1-2-8-15-11(14)5-3-4-10-9-12-6-7-13-10/h10,12H,2-9H2,1H3. The Kier molecular flexibility index (Phi) is 6.36. The second-order valence-corrected chi connectivity index (χ2v) is 3.88. The Morgan fingerprint density at radius 1 is 1.60 bits per heavy atom. The molecular formula is C11H21N2O2. The van der Waals surface area contributed by atoms with Gasteiger partial charge in [0.05, 0.1) is 6.61 Å². The maximum atomic E-state index is 11.2. The van der Waals surface area contributed by atoms with Crippen molar-refractivity contribution in [3.8, 4) is 0 Å². The summed E-state index contributed by atoms with van der Waals surface area (Å²) in [6.45, 7) is 5.41. The van der Waals surface area contributed by atoms with Gasteiger partial charge in [-0.15, -0.1) is 0 Å². The molecule has 1 atom stereocenters. The number of esters is 1. The third-order valence-electron chi connectivity index (χ3n) is 2.44. The molecule has 0 bridgehead atoms. The van der Waals surface area contributed by atoms with Gasteiger partial charge in [-0.05, 0) is 19.3 Å². The summed E-state index contributed by atoms with van der Waals surface area (Å²) in [5.74, 6) is -0.0689. The molecule has 0 aliphatic carbocycles. The fourth-order valence-corrected chi connectivity index (χ4v) is 1.62. The number of hydrogen-bond donors (Lipinski definition) is 1. The first-order chi connectivity index (χ1) is 7.33. The molecule has 0 aromatic heterocycles. The van der Waals surface area contributed by atoms with Crippen LogP contribution in [0, 0.1) is 0 Å². The molecule has 1 unspecified atom stereocenters. The normalized spacial score (nSPS) is 21.3. The van der Waals surface area contributed by atoms with E-state index >= 15 is 0 Å². The minimum atomic E-state index is -0.0689. The van der Waals surface area contributed by atoms with Crippen molar-refractivity contribution >= 4 is 5.97 Å². The molecule has 0 saturated carbocycles. The predicted molar refractivity (Wildman–Crippen MR) is 58.8 cm³/mol. The Morgan fingerprint density at radius 2 is 2.47 bits per heavy atom. The molecule has 4 heteroatoms. The van der Waals surface area contributed by atoms with E-state index < -0.39 is 0 Å². The number of nitrogens with one attached hydrogen (secondary N) is 1. The van der Waals surface area contributed by atoms with Crippen LogP contribution in [0.3, 0.4) is 0 Å². The van der Waals surface area contributed by atoms with Gasteiger partial charge in [0, 0.05) is 32.1 Å². The van der Waals surface area contributed by atoms with Gasteiger partial charge in [-0.1, -0.05) is 6.92 Å². The Bertz CT molecular complexity index is 179. The topological polar surface area (TPSA) is 52.4 Å². The first-order valence-corrected chi connectivity index (χ1v) is 5.86. The van der Waals surface area contributed by atoms with Crippen molar-refractivity contribution < 1.29 is 9.53 Å². The summed E-state index contributed by atoms with van der Waals surface area (Å²) in [5, 5.41) is 7.77. The Labute approximate surface area is 91.8 Å². The van der Waals surface area contributed by atoms with Crippen LogP contribution in [0.15, 0.2) is 0 Å². The molecule has 87 valence electrons. The molecule has 1 heterocycles. The third-order valence-corrected chi connectivity index (χ3v) is 2.44. The van der Waals surface area contributed by atoms with Crippen LogP contribution in [0.5, 0.6) is 0 Å². The fraction of sp³-hybridized carbons (Fsp3) is 0.909. The molecule has 0 aromatic rings. The summed E-state index contributed by atoms with van der Waals surface area (Å²) >= 11 is 0. The predicted octanol–water partition coefficient (Wildman–Crippen LogP) is 0.686. The first kappa shape index (κ1) is 12.5. The lowest BCUT2D eigenvalue weighted by atomic mass is 10.1. The Balaban J connectivity index is 1.97. The number of piperazine rings is 1. The van der Waals surface area contributed by atoms with Crippen molar-refractivity contribution in [2.45, 2.75) is 38.6 Å². The van der Waals surface area contributed by atoms with Crippen molar-refractivity contribution in [3.63, 3.8) is 0 Å². The highest BCUT2D eigenvalue weighted by Gasteiger charge is 2.13. The lowest BCUT2D eigenvalue weighted by Crippen LogP contribution is -2.43. The van der Waals surface area contributed by atoms with Gasteiger partial charge in [0.2, 0.25) is 0 Å². The summed E-state index contributed by atoms with van der Waals surface area (Å²) < 4.78 is 5.00. The highest BCUT2D eigenvalue weighted by molar-refractivity contribution is 5.69. The number of carbonyl (C=O) groups excluding carboxylic acids is 1. The number of hydrogen-bond acceptors (Lipinski definition) is 3. The molecule has 4 nitrogen and oxygen atoms in total. The summed E-state index contributed by atoms with van der Waals surface area (Å²) in [6, 6.07) is 0.401. The summed E-state index contributed by atoms with van der Waals surface area (Å²) in [6.07, 6.45) is 3.31. The van der Waals surface area contributed by atoms with Crippen LogP contribution in [0.25, 0.3) is 0 Å². The lowest BCUT2D eigenvalue weighted by molar-refractivity contribution is -0.143. The first-order valence-electron chi connectivity index (χ1n) is 5.86. The second-order valence-electron chi connectivity index (χ2n) is 3.88. The van der Waals surface area contributed by atoms with Gasteiger partial charge in [-0.25, -0.2) is 5.32 Å². The average Bonchev–Trinajstić information content (AvgIpc) is 2.28. The quantitative estimate of drug-likeness (QED) is 0.660. The Morgan fingerprint density at radius 3 is 3.13 bits per heavy atom. The van der Waals surface area contributed by atoms with E-state index in [-0.39, 0.29) is 5.97 Å². The average molecular weight is 213 g/mol. The van der Waals surface area contributed by atoms with Crippen molar-refractivity contribution in [1.82, 2.24) is 10.6 Å². The highest BCUT2D eigenvalue weighted by atomic mass is 16.5. The number of rotatable bonds is 6. The number of ether oxygens (including phenoxy) is 1. The van der Waals surface area contributed by atoms with Crippen LogP contribution < -0.4 is 10.6 Å². The zero-order valence-electron chi connectivity index (χ0n) is 9.50. The fourth-order valence-electron chi connectivity index (χ4n) is 1.62. The van der Waals surface area contributed by atoms with Gasteiger partial charge >= 0.3 is 5.97 Å². The summed E-state index contributed by atoms with van der Waals surface area (Å²) in [5.41, 5.74) is 0. The minimum Gasteiger partial charge on any atom is -0.466 e. The smallest absolute Gasteiger partial charge is 0.305 e. The van der Waals surface area contributed by atoms with Crippen LogP contribution >= 0.6 is 0 Å². The molecule has 1 radical (unpaired) electrons. The zero-order valence-corrected chi connectivity index (χ0v) is 9.50. The molecular weight excluding hydrogens is 192 g/mol. The van der Waals surface area contributed by atoms with E-state index in [1.807, 2.05) is 6.92 Å². The zero-order chi connectivity index (χ0) is 10.9. The van der Waals surface area contributed by atoms with Crippen molar-refractivity contribution in [3.05, 3.63) is 0 Å². The van der Waals surface area contributed by atoms with E-state index in [2.05, 4.69) is 10.6 Å². The molecule has 1 rings (SSSR count). The monoisotopic (exact) mass is 213 g/mol. The summed E-state index contributed by atoms with van der Waals surface area (Å²) in [7, 11) is 0. The van der Waals surface area contributed by atoms with Crippen LogP contribution in [0.1, 0.15) is 32.6 Å². The molecule has 1 aliphatic heterocycles. The molecule has 1 N–H and O–H groups in total. The van der Waals surface area contributed by atoms with Gasteiger partial charge in [0.25, 0.3) is 0 Å². The maximum absolute atomic E-state index is 11.2. The number of carbonyl (C=O) groups is 1. The van der Waals surface area contributed by atoms with Crippen LogP contribution in [0.4, 0.5) is 0 Å².